The molecule has 0 spiro atoms. The Morgan fingerprint density at radius 2 is 2.32 bits per heavy atom. The van der Waals surface area contributed by atoms with Crippen molar-refractivity contribution in [2.45, 2.75) is 26.5 Å². The third-order valence-corrected chi connectivity index (χ3v) is 2.73. The molecular formula is C14H14FN3O. The molecule has 0 atom stereocenters. The van der Waals surface area contributed by atoms with Gasteiger partial charge in [0.05, 0.1) is 18.2 Å². The quantitative estimate of drug-likeness (QED) is 0.829. The number of benzene rings is 1. The summed E-state index contributed by atoms with van der Waals surface area (Å²) in [5, 5.41) is 8.91. The van der Waals surface area contributed by atoms with Crippen LogP contribution in [0.5, 0.6) is 5.75 Å². The van der Waals surface area contributed by atoms with E-state index in [9.17, 15) is 4.39 Å². The zero-order valence-electron chi connectivity index (χ0n) is 10.6. The van der Waals surface area contributed by atoms with Gasteiger partial charge in [0.2, 0.25) is 0 Å². The molecule has 0 N–H and O–H groups in total. The van der Waals surface area contributed by atoms with Gasteiger partial charge >= 0.3 is 0 Å². The van der Waals surface area contributed by atoms with Gasteiger partial charge in [-0.1, -0.05) is 13.0 Å². The van der Waals surface area contributed by atoms with Crippen molar-refractivity contribution < 1.29 is 9.13 Å². The zero-order valence-corrected chi connectivity index (χ0v) is 10.6. The molecule has 2 rings (SSSR count). The highest BCUT2D eigenvalue weighted by atomic mass is 19.1. The molecule has 0 aliphatic rings. The van der Waals surface area contributed by atoms with Crippen molar-refractivity contribution in [1.29, 1.82) is 5.26 Å². The van der Waals surface area contributed by atoms with Crippen molar-refractivity contribution in [3.05, 3.63) is 47.8 Å². The second kappa shape index (κ2) is 6.01. The predicted molar refractivity (Wildman–Crippen MR) is 68.0 cm³/mol. The lowest BCUT2D eigenvalue weighted by atomic mass is 10.2. The highest BCUT2D eigenvalue weighted by molar-refractivity contribution is 5.43. The number of ether oxygens (including phenoxy) is 1. The lowest BCUT2D eigenvalue weighted by Gasteiger charge is -2.10. The molecule has 19 heavy (non-hydrogen) atoms. The number of halogens is 1. The molecule has 4 nitrogen and oxygen atoms in total. The molecule has 98 valence electrons. The Bertz CT molecular complexity index is 601. The molecule has 0 saturated carbocycles. The van der Waals surface area contributed by atoms with Gasteiger partial charge in [-0.3, -0.25) is 0 Å². The standard InChI is InChI=1S/C14H14FN3O/c1-2-6-18-10-17-8-11(18)9-19-14-5-3-4-13(15)12(14)7-16/h3-5,8,10H,2,6,9H2,1H3. The van der Waals surface area contributed by atoms with Crippen molar-refractivity contribution in [3.8, 4) is 11.8 Å². The van der Waals surface area contributed by atoms with Crippen LogP contribution < -0.4 is 4.74 Å². The van der Waals surface area contributed by atoms with Gasteiger partial charge < -0.3 is 9.30 Å². The fourth-order valence-corrected chi connectivity index (χ4v) is 1.80. The number of aryl methyl sites for hydroxylation is 1. The summed E-state index contributed by atoms with van der Waals surface area (Å²) in [7, 11) is 0. The number of aromatic nitrogens is 2. The first kappa shape index (κ1) is 13.1. The number of nitrogens with zero attached hydrogens (tertiary/aromatic N) is 3. The molecular weight excluding hydrogens is 245 g/mol. The summed E-state index contributed by atoms with van der Waals surface area (Å²) >= 11 is 0. The fourth-order valence-electron chi connectivity index (χ4n) is 1.80. The van der Waals surface area contributed by atoms with Crippen molar-refractivity contribution in [2.24, 2.45) is 0 Å². The van der Waals surface area contributed by atoms with E-state index < -0.39 is 5.82 Å². The second-order valence-electron chi connectivity index (χ2n) is 4.09. The summed E-state index contributed by atoms with van der Waals surface area (Å²) in [6.07, 6.45) is 4.44. The van der Waals surface area contributed by atoms with Crippen LogP contribution in [0.25, 0.3) is 0 Å². The molecule has 5 heteroatoms. The summed E-state index contributed by atoms with van der Waals surface area (Å²) in [6.45, 7) is 3.19. The molecule has 1 aromatic carbocycles. The molecule has 0 saturated heterocycles. The summed E-state index contributed by atoms with van der Waals surface area (Å²) < 4.78 is 20.9. The zero-order chi connectivity index (χ0) is 13.7. The molecule has 0 radical (unpaired) electrons. The lowest BCUT2D eigenvalue weighted by Crippen LogP contribution is -2.06. The van der Waals surface area contributed by atoms with Crippen LogP contribution in [-0.2, 0) is 13.2 Å². The van der Waals surface area contributed by atoms with Gasteiger partial charge in [0.15, 0.2) is 0 Å². The lowest BCUT2D eigenvalue weighted by molar-refractivity contribution is 0.292. The maximum Gasteiger partial charge on any atom is 0.144 e. The van der Waals surface area contributed by atoms with E-state index >= 15 is 0 Å². The average molecular weight is 259 g/mol. The van der Waals surface area contributed by atoms with Gasteiger partial charge in [-0.2, -0.15) is 5.26 Å². The monoisotopic (exact) mass is 259 g/mol. The SMILES string of the molecule is CCCn1cncc1COc1cccc(F)c1C#N. The summed E-state index contributed by atoms with van der Waals surface area (Å²) in [4.78, 5) is 4.06. The Kier molecular flexibility index (Phi) is 4.14. The van der Waals surface area contributed by atoms with Gasteiger partial charge in [-0.15, -0.1) is 0 Å². The summed E-state index contributed by atoms with van der Waals surface area (Å²) in [6, 6.07) is 6.16. The molecule has 0 aliphatic carbocycles. The van der Waals surface area contributed by atoms with Crippen molar-refractivity contribution in [3.63, 3.8) is 0 Å². The molecule has 0 unspecified atom stereocenters. The number of hydrogen-bond donors (Lipinski definition) is 0. The Morgan fingerprint density at radius 3 is 3.05 bits per heavy atom. The normalized spacial score (nSPS) is 10.2. The van der Waals surface area contributed by atoms with E-state index in [0.29, 0.717) is 0 Å². The van der Waals surface area contributed by atoms with E-state index in [-0.39, 0.29) is 17.9 Å². The third-order valence-electron chi connectivity index (χ3n) is 2.73. The molecule has 0 bridgehead atoms. The molecule has 0 aliphatic heterocycles. The Balaban J connectivity index is 2.13. The number of nitriles is 1. The summed E-state index contributed by atoms with van der Waals surface area (Å²) in [5.41, 5.74) is 0.832. The maximum absolute atomic E-state index is 13.4. The molecule has 1 heterocycles. The number of rotatable bonds is 5. The summed E-state index contributed by atoms with van der Waals surface area (Å²) in [5.74, 6) is -0.311. The Hall–Kier alpha value is -2.35. The second-order valence-corrected chi connectivity index (χ2v) is 4.09. The topological polar surface area (TPSA) is 50.8 Å². The van der Waals surface area contributed by atoms with Crippen LogP contribution in [0.4, 0.5) is 4.39 Å². The van der Waals surface area contributed by atoms with Crippen LogP contribution in [0, 0.1) is 17.1 Å². The first-order valence-corrected chi connectivity index (χ1v) is 6.06. The van der Waals surface area contributed by atoms with Crippen molar-refractivity contribution in [2.75, 3.05) is 0 Å². The van der Waals surface area contributed by atoms with Crippen LogP contribution >= 0.6 is 0 Å². The predicted octanol–water partition coefficient (Wildman–Crippen LogP) is 2.88. The molecule has 0 fully saturated rings. The van der Waals surface area contributed by atoms with E-state index in [2.05, 4.69) is 11.9 Å². The molecule has 1 aromatic heterocycles. The first-order valence-electron chi connectivity index (χ1n) is 6.06. The van der Waals surface area contributed by atoms with Crippen molar-refractivity contribution in [1.82, 2.24) is 9.55 Å². The van der Waals surface area contributed by atoms with E-state index in [1.807, 2.05) is 10.6 Å². The Labute approximate surface area is 111 Å². The fraction of sp³-hybridized carbons (Fsp3) is 0.286. The largest absolute Gasteiger partial charge is 0.486 e. The van der Waals surface area contributed by atoms with Crippen LogP contribution in [0.1, 0.15) is 24.6 Å². The third kappa shape index (κ3) is 2.91. The van der Waals surface area contributed by atoms with Crippen LogP contribution in [0.15, 0.2) is 30.7 Å². The maximum atomic E-state index is 13.4. The van der Waals surface area contributed by atoms with Gasteiger partial charge in [0, 0.05) is 6.54 Å². The molecule has 2 aromatic rings. The van der Waals surface area contributed by atoms with Gasteiger partial charge in [-0.05, 0) is 18.6 Å². The minimum absolute atomic E-state index is 0.0657. The average Bonchev–Trinajstić information content (AvgIpc) is 2.84. The smallest absolute Gasteiger partial charge is 0.144 e. The van der Waals surface area contributed by atoms with Gasteiger partial charge in [0.25, 0.3) is 0 Å². The highest BCUT2D eigenvalue weighted by Crippen LogP contribution is 2.21. The minimum atomic E-state index is -0.568. The van der Waals surface area contributed by atoms with Crippen molar-refractivity contribution >= 4 is 0 Å². The first-order chi connectivity index (χ1) is 9.26. The number of imidazole rings is 1. The van der Waals surface area contributed by atoms with E-state index in [1.54, 1.807) is 18.6 Å². The van der Waals surface area contributed by atoms with Crippen LogP contribution in [0.2, 0.25) is 0 Å². The van der Waals surface area contributed by atoms with Crippen LogP contribution in [-0.4, -0.2) is 9.55 Å². The van der Waals surface area contributed by atoms with E-state index in [4.69, 9.17) is 10.00 Å². The van der Waals surface area contributed by atoms with E-state index in [0.717, 1.165) is 18.7 Å². The van der Waals surface area contributed by atoms with E-state index in [1.165, 1.54) is 12.1 Å². The van der Waals surface area contributed by atoms with Crippen LogP contribution in [0.3, 0.4) is 0 Å². The van der Waals surface area contributed by atoms with Gasteiger partial charge in [-0.25, -0.2) is 9.37 Å². The Morgan fingerprint density at radius 1 is 1.47 bits per heavy atom. The minimum Gasteiger partial charge on any atom is -0.486 e. The van der Waals surface area contributed by atoms with Gasteiger partial charge in [0.1, 0.15) is 29.8 Å². The highest BCUT2D eigenvalue weighted by Gasteiger charge is 2.10. The number of hydrogen-bond acceptors (Lipinski definition) is 3. The molecule has 0 amide bonds.